The van der Waals surface area contributed by atoms with Gasteiger partial charge >= 0.3 is 0 Å². The molecule has 0 spiro atoms. The highest BCUT2D eigenvalue weighted by atomic mass is 16.1. The number of hydrogen-bond acceptors (Lipinski definition) is 2. The van der Waals surface area contributed by atoms with Crippen molar-refractivity contribution in [3.05, 3.63) is 24.7 Å². The van der Waals surface area contributed by atoms with Crippen molar-refractivity contribution >= 4 is 5.91 Å². The zero-order valence-electron chi connectivity index (χ0n) is 5.03. The Hall–Kier alpha value is -1.25. The minimum Gasteiger partial charge on any atom is -0.346 e. The monoisotopic (exact) mass is 124 g/mol. The molecule has 0 radical (unpaired) electrons. The van der Waals surface area contributed by atoms with Crippen LogP contribution in [0.4, 0.5) is 0 Å². The van der Waals surface area contributed by atoms with Crippen LogP contribution in [0.1, 0.15) is 6.42 Å². The predicted octanol–water partition coefficient (Wildman–Crippen LogP) is 0.0808. The second-order valence-electron chi connectivity index (χ2n) is 1.93. The van der Waals surface area contributed by atoms with Crippen LogP contribution in [0.25, 0.3) is 0 Å². The van der Waals surface area contributed by atoms with Gasteiger partial charge in [0, 0.05) is 5.70 Å². The third kappa shape index (κ3) is 1.32. The van der Waals surface area contributed by atoms with Gasteiger partial charge in [-0.25, -0.2) is 0 Å². The number of carbonyl (C=O) groups is 1. The van der Waals surface area contributed by atoms with Crippen molar-refractivity contribution in [3.63, 3.8) is 0 Å². The molecule has 3 nitrogen and oxygen atoms in total. The number of hydrogen-bond donors (Lipinski definition) is 2. The first-order valence-electron chi connectivity index (χ1n) is 2.62. The van der Waals surface area contributed by atoms with Crippen LogP contribution < -0.4 is 10.6 Å². The van der Waals surface area contributed by atoms with Gasteiger partial charge in [-0.1, -0.05) is 13.2 Å². The average molecular weight is 124 g/mol. The van der Waals surface area contributed by atoms with E-state index in [2.05, 4.69) is 23.8 Å². The van der Waals surface area contributed by atoms with Crippen molar-refractivity contribution in [2.24, 2.45) is 0 Å². The van der Waals surface area contributed by atoms with Gasteiger partial charge in [-0.15, -0.1) is 0 Å². The summed E-state index contributed by atoms with van der Waals surface area (Å²) in [5, 5.41) is 5.29. The second-order valence-corrected chi connectivity index (χ2v) is 1.93. The lowest BCUT2D eigenvalue weighted by atomic mass is 10.3. The number of amides is 1. The van der Waals surface area contributed by atoms with E-state index >= 15 is 0 Å². The Kier molecular flexibility index (Phi) is 1.26. The Morgan fingerprint density at radius 3 is 2.44 bits per heavy atom. The summed E-state index contributed by atoms with van der Waals surface area (Å²) < 4.78 is 0. The molecule has 1 rings (SSSR count). The summed E-state index contributed by atoms with van der Waals surface area (Å²) in [6, 6.07) is 0. The Balaban J connectivity index is 2.64. The highest BCUT2D eigenvalue weighted by Crippen LogP contribution is 2.01. The Morgan fingerprint density at radius 2 is 2.00 bits per heavy atom. The van der Waals surface area contributed by atoms with Crippen LogP contribution in [0.5, 0.6) is 0 Å². The molecule has 0 aromatic rings. The fraction of sp³-hybridized carbons (Fsp3) is 0.167. The van der Waals surface area contributed by atoms with Gasteiger partial charge in [0.1, 0.15) is 5.82 Å². The summed E-state index contributed by atoms with van der Waals surface area (Å²) in [6.45, 7) is 7.09. The van der Waals surface area contributed by atoms with E-state index in [1.165, 1.54) is 0 Å². The van der Waals surface area contributed by atoms with E-state index in [9.17, 15) is 4.79 Å². The quantitative estimate of drug-likeness (QED) is 0.480. The molecular weight excluding hydrogens is 116 g/mol. The summed E-state index contributed by atoms with van der Waals surface area (Å²) in [6.07, 6.45) is 0.346. The van der Waals surface area contributed by atoms with Crippen LogP contribution in [0.3, 0.4) is 0 Å². The molecule has 1 amide bonds. The SMILES string of the molecule is C=C1CC(=O)NC(=C)N1. The van der Waals surface area contributed by atoms with Gasteiger partial charge in [-0.2, -0.15) is 0 Å². The molecule has 0 atom stereocenters. The molecule has 1 saturated heterocycles. The van der Waals surface area contributed by atoms with Crippen molar-refractivity contribution in [3.8, 4) is 0 Å². The third-order valence-corrected chi connectivity index (χ3v) is 0.992. The van der Waals surface area contributed by atoms with Crippen LogP contribution in [0, 0.1) is 0 Å². The van der Waals surface area contributed by atoms with E-state index in [1.807, 2.05) is 0 Å². The topological polar surface area (TPSA) is 41.1 Å². The van der Waals surface area contributed by atoms with Gasteiger partial charge in [0.2, 0.25) is 5.91 Å². The number of carbonyl (C=O) groups excluding carboxylic acids is 1. The summed E-state index contributed by atoms with van der Waals surface area (Å²) in [4.78, 5) is 10.6. The molecule has 0 aromatic carbocycles. The van der Waals surface area contributed by atoms with Crippen LogP contribution in [-0.4, -0.2) is 5.91 Å². The molecule has 1 fully saturated rings. The smallest absolute Gasteiger partial charge is 0.231 e. The number of nitrogens with one attached hydrogen (secondary N) is 2. The first-order chi connectivity index (χ1) is 4.18. The van der Waals surface area contributed by atoms with Crippen molar-refractivity contribution in [1.29, 1.82) is 0 Å². The van der Waals surface area contributed by atoms with Crippen molar-refractivity contribution < 1.29 is 4.79 Å². The fourth-order valence-corrected chi connectivity index (χ4v) is 0.695. The zero-order chi connectivity index (χ0) is 6.85. The maximum atomic E-state index is 10.6. The maximum Gasteiger partial charge on any atom is 0.231 e. The highest BCUT2D eigenvalue weighted by molar-refractivity contribution is 5.81. The van der Waals surface area contributed by atoms with Crippen LogP contribution >= 0.6 is 0 Å². The van der Waals surface area contributed by atoms with Gasteiger partial charge in [0.05, 0.1) is 6.42 Å². The normalized spacial score (nSPS) is 18.9. The fourth-order valence-electron chi connectivity index (χ4n) is 0.695. The van der Waals surface area contributed by atoms with Crippen LogP contribution in [0.15, 0.2) is 24.7 Å². The Morgan fingerprint density at radius 1 is 1.33 bits per heavy atom. The van der Waals surface area contributed by atoms with E-state index in [1.54, 1.807) is 0 Å². The van der Waals surface area contributed by atoms with Gasteiger partial charge in [0.15, 0.2) is 0 Å². The minimum absolute atomic E-state index is 0.0521. The molecule has 0 saturated carbocycles. The first-order valence-corrected chi connectivity index (χ1v) is 2.62. The molecule has 3 heteroatoms. The molecule has 2 N–H and O–H groups in total. The van der Waals surface area contributed by atoms with Crippen molar-refractivity contribution in [2.45, 2.75) is 6.42 Å². The largest absolute Gasteiger partial charge is 0.346 e. The van der Waals surface area contributed by atoms with E-state index in [0.29, 0.717) is 17.9 Å². The van der Waals surface area contributed by atoms with Gasteiger partial charge in [-0.3, -0.25) is 4.79 Å². The van der Waals surface area contributed by atoms with Crippen LogP contribution in [0.2, 0.25) is 0 Å². The van der Waals surface area contributed by atoms with Crippen molar-refractivity contribution in [2.75, 3.05) is 0 Å². The summed E-state index contributed by atoms with van der Waals surface area (Å²) in [5.41, 5.74) is 0.698. The molecule has 1 heterocycles. The minimum atomic E-state index is -0.0521. The lowest BCUT2D eigenvalue weighted by molar-refractivity contribution is -0.120. The average Bonchev–Trinajstić information content (AvgIpc) is 1.59. The molecule has 1 aliphatic rings. The predicted molar refractivity (Wildman–Crippen MR) is 34.2 cm³/mol. The standard InChI is InChI=1S/C6H8N2O/c1-4-3-6(9)8-5(2)7-4/h7H,1-3H2,(H,8,9). The molecule has 0 unspecified atom stereocenters. The van der Waals surface area contributed by atoms with E-state index in [-0.39, 0.29) is 5.91 Å². The first kappa shape index (κ1) is 5.88. The van der Waals surface area contributed by atoms with E-state index < -0.39 is 0 Å². The summed E-state index contributed by atoms with van der Waals surface area (Å²) >= 11 is 0. The van der Waals surface area contributed by atoms with Gasteiger partial charge in [-0.05, 0) is 0 Å². The molecule has 48 valence electrons. The third-order valence-electron chi connectivity index (χ3n) is 0.992. The van der Waals surface area contributed by atoms with Crippen molar-refractivity contribution in [1.82, 2.24) is 10.6 Å². The zero-order valence-corrected chi connectivity index (χ0v) is 5.03. The Bertz CT molecular complexity index is 138. The molecule has 0 bridgehead atoms. The lowest BCUT2D eigenvalue weighted by Gasteiger charge is -2.18. The number of rotatable bonds is 0. The molecule has 1 aliphatic heterocycles. The van der Waals surface area contributed by atoms with E-state index in [4.69, 9.17) is 0 Å². The van der Waals surface area contributed by atoms with Gasteiger partial charge in [0.25, 0.3) is 0 Å². The molecule has 9 heavy (non-hydrogen) atoms. The summed E-state index contributed by atoms with van der Waals surface area (Å²) in [7, 11) is 0. The molecule has 0 aliphatic carbocycles. The summed E-state index contributed by atoms with van der Waals surface area (Å²) in [5.74, 6) is 0.458. The Labute approximate surface area is 53.4 Å². The van der Waals surface area contributed by atoms with Gasteiger partial charge < -0.3 is 10.6 Å². The maximum absolute atomic E-state index is 10.6. The highest BCUT2D eigenvalue weighted by Gasteiger charge is 2.11. The second kappa shape index (κ2) is 1.93. The lowest BCUT2D eigenvalue weighted by Crippen LogP contribution is -2.36. The molecule has 0 aromatic heterocycles. The molecular formula is C6H8N2O. The van der Waals surface area contributed by atoms with Crippen LogP contribution in [-0.2, 0) is 4.79 Å². The van der Waals surface area contributed by atoms with E-state index in [0.717, 1.165) is 0 Å².